The third-order valence-corrected chi connectivity index (χ3v) is 12.9. The molecule has 2 aliphatic rings. The smallest absolute Gasteiger partial charge is 0.306 e. The van der Waals surface area contributed by atoms with Gasteiger partial charge < -0.3 is 16.2 Å². The number of hydrogen-bond donors (Lipinski definition) is 3. The van der Waals surface area contributed by atoms with Gasteiger partial charge in [-0.1, -0.05) is 66.7 Å². The van der Waals surface area contributed by atoms with Gasteiger partial charge in [0, 0.05) is 27.8 Å². The second kappa shape index (κ2) is 18.6. The molecule has 0 spiro atoms. The Bertz CT molecular complexity index is 2010. The summed E-state index contributed by atoms with van der Waals surface area (Å²) in [5.74, 6) is 0.868. The van der Waals surface area contributed by atoms with Crippen molar-refractivity contribution in [2.75, 3.05) is 5.73 Å². The molecule has 5 atom stereocenters. The number of ketones is 1. The number of nitrogens with one attached hydrogen (secondary N) is 1. The molecule has 3 heterocycles. The van der Waals surface area contributed by atoms with Gasteiger partial charge in [0.1, 0.15) is 5.82 Å². The molecule has 3 aromatic heterocycles. The van der Waals surface area contributed by atoms with Gasteiger partial charge in [-0.15, -0.1) is 22.7 Å². The van der Waals surface area contributed by atoms with Gasteiger partial charge in [0.15, 0.2) is 5.78 Å². The Morgan fingerprint density at radius 1 is 0.778 bits per heavy atom. The van der Waals surface area contributed by atoms with E-state index in [2.05, 4.69) is 81.7 Å². The number of aliphatic carboxylic acids is 1. The Morgan fingerprint density at radius 3 is 1.83 bits per heavy atom. The Balaban J connectivity index is 0.000000210. The molecule has 0 aliphatic heterocycles. The summed E-state index contributed by atoms with van der Waals surface area (Å²) in [6.07, 6.45) is 8.61. The minimum Gasteiger partial charge on any atom is -0.481 e. The van der Waals surface area contributed by atoms with Crippen LogP contribution in [0.4, 0.5) is 5.82 Å². The van der Waals surface area contributed by atoms with E-state index in [1.807, 2.05) is 25.1 Å². The van der Waals surface area contributed by atoms with E-state index in [0.717, 1.165) is 62.6 Å². The van der Waals surface area contributed by atoms with E-state index in [9.17, 15) is 14.4 Å². The normalized spacial score (nSPS) is 19.8. The Kier molecular flexibility index (Phi) is 13.5. The molecule has 0 unspecified atom stereocenters. The van der Waals surface area contributed by atoms with Gasteiger partial charge in [0.25, 0.3) is 0 Å². The van der Waals surface area contributed by atoms with E-state index < -0.39 is 12.0 Å². The molecule has 9 heteroatoms. The lowest BCUT2D eigenvalue weighted by Gasteiger charge is -2.17. The standard InChI is InChI=1S/C28H33N3O2S.C17H18O2S/c1-18-21(11-13-27(29)30-18)10-12-26(32)19(2)31-28(33)23-9-8-20(14-23)15-25-16-24(17-34-25)22-6-4-3-5-7-22;18-17(19)14-7-6-12(8-14)9-16-10-15(11-20-16)13-4-2-1-3-5-13/h3-7,11,13,16-17,19-20,23H,8-10,12,14-15H2,1-2H3,(H2,29,30)(H,31,33);1-5,10-12,14H,6-9H2,(H,18,19)/t19-,20+,23+;12-,14-/m01/s1. The molecule has 0 saturated heterocycles. The highest BCUT2D eigenvalue weighted by atomic mass is 32.1. The zero-order valence-electron chi connectivity index (χ0n) is 31.2. The summed E-state index contributed by atoms with van der Waals surface area (Å²) in [7, 11) is 0. The van der Waals surface area contributed by atoms with Crippen molar-refractivity contribution >= 4 is 46.2 Å². The average Bonchev–Trinajstić information content (AvgIpc) is 4.01. The van der Waals surface area contributed by atoms with Gasteiger partial charge >= 0.3 is 5.97 Å². The largest absolute Gasteiger partial charge is 0.481 e. The number of rotatable bonds is 13. The second-order valence-electron chi connectivity index (χ2n) is 15.0. The molecule has 54 heavy (non-hydrogen) atoms. The minimum atomic E-state index is -0.622. The van der Waals surface area contributed by atoms with Gasteiger partial charge in [-0.2, -0.15) is 0 Å². The predicted octanol–water partition coefficient (Wildman–Crippen LogP) is 9.82. The monoisotopic (exact) mass is 761 g/mol. The summed E-state index contributed by atoms with van der Waals surface area (Å²) >= 11 is 3.60. The highest BCUT2D eigenvalue weighted by molar-refractivity contribution is 7.10. The van der Waals surface area contributed by atoms with Gasteiger partial charge in [0.05, 0.1) is 12.0 Å². The molecule has 7 rings (SSSR count). The highest BCUT2D eigenvalue weighted by Gasteiger charge is 2.32. The molecule has 4 N–H and O–H groups in total. The van der Waals surface area contributed by atoms with Crippen molar-refractivity contribution in [2.24, 2.45) is 23.7 Å². The molecule has 2 aromatic carbocycles. The van der Waals surface area contributed by atoms with Crippen molar-refractivity contribution in [2.45, 2.75) is 84.1 Å². The number of nitrogens with zero attached hydrogens (tertiary/aromatic N) is 1. The molecule has 2 aliphatic carbocycles. The maximum Gasteiger partial charge on any atom is 0.306 e. The summed E-state index contributed by atoms with van der Waals surface area (Å²) in [5.41, 5.74) is 12.6. The maximum atomic E-state index is 12.8. The number of carbonyl (C=O) groups is 3. The van der Waals surface area contributed by atoms with Crippen LogP contribution in [0.3, 0.4) is 0 Å². The lowest BCUT2D eigenvalue weighted by Crippen LogP contribution is -2.41. The number of carboxylic acids is 1. The third-order valence-electron chi connectivity index (χ3n) is 11.0. The zero-order chi connectivity index (χ0) is 38.0. The van der Waals surface area contributed by atoms with Crippen LogP contribution < -0.4 is 11.1 Å². The number of benzene rings is 2. The first-order chi connectivity index (χ1) is 26.1. The molecule has 2 fully saturated rings. The van der Waals surface area contributed by atoms with Crippen LogP contribution in [0.15, 0.2) is 95.7 Å². The molecule has 0 bridgehead atoms. The zero-order valence-corrected chi connectivity index (χ0v) is 32.8. The van der Waals surface area contributed by atoms with E-state index in [0.29, 0.717) is 30.5 Å². The molecular weight excluding hydrogens is 711 g/mol. The lowest BCUT2D eigenvalue weighted by molar-refractivity contribution is -0.141. The van der Waals surface area contributed by atoms with Crippen molar-refractivity contribution in [1.82, 2.24) is 10.3 Å². The number of nitrogens with two attached hydrogens (primary N) is 1. The Morgan fingerprint density at radius 2 is 1.31 bits per heavy atom. The molecule has 5 aromatic rings. The van der Waals surface area contributed by atoms with Crippen LogP contribution in [0.1, 0.15) is 72.9 Å². The summed E-state index contributed by atoms with van der Waals surface area (Å²) < 4.78 is 0. The van der Waals surface area contributed by atoms with Crippen LogP contribution in [0.5, 0.6) is 0 Å². The summed E-state index contributed by atoms with van der Waals surface area (Å²) in [6, 6.07) is 28.6. The Labute approximate surface area is 327 Å². The number of Topliss-reactive ketones (excluding diaryl/α,β-unsaturated/α-hetero) is 1. The first-order valence-corrected chi connectivity index (χ1v) is 20.9. The number of aromatic nitrogens is 1. The number of aryl methyl sites for hydroxylation is 2. The predicted molar refractivity (Wildman–Crippen MR) is 221 cm³/mol. The molecule has 2 saturated carbocycles. The van der Waals surface area contributed by atoms with E-state index >= 15 is 0 Å². The first kappa shape index (κ1) is 39.1. The van der Waals surface area contributed by atoms with Crippen molar-refractivity contribution < 1.29 is 19.5 Å². The van der Waals surface area contributed by atoms with Gasteiger partial charge in [-0.25, -0.2) is 4.98 Å². The van der Waals surface area contributed by atoms with Crippen molar-refractivity contribution in [1.29, 1.82) is 0 Å². The van der Waals surface area contributed by atoms with Gasteiger partial charge in [0.2, 0.25) is 5.91 Å². The lowest BCUT2D eigenvalue weighted by atomic mass is 9.99. The van der Waals surface area contributed by atoms with Crippen molar-refractivity contribution in [3.05, 3.63) is 117 Å². The summed E-state index contributed by atoms with van der Waals surface area (Å²) in [4.78, 5) is 43.4. The van der Waals surface area contributed by atoms with Crippen LogP contribution in [0.2, 0.25) is 0 Å². The van der Waals surface area contributed by atoms with E-state index in [1.54, 1.807) is 35.7 Å². The fourth-order valence-corrected chi connectivity index (χ4v) is 9.87. The van der Waals surface area contributed by atoms with Gasteiger partial charge in [-0.05, 0) is 140 Å². The van der Waals surface area contributed by atoms with Crippen molar-refractivity contribution in [3.8, 4) is 22.3 Å². The number of amides is 1. The molecule has 0 radical (unpaired) electrons. The van der Waals surface area contributed by atoms with Crippen LogP contribution in [0, 0.1) is 30.6 Å². The Hall–Kier alpha value is -4.60. The minimum absolute atomic E-state index is 0.00245. The van der Waals surface area contributed by atoms with E-state index in [4.69, 9.17) is 10.8 Å². The number of nitrogen functional groups attached to an aromatic ring is 1. The number of anilines is 1. The fraction of sp³-hybridized carbons (Fsp3) is 0.378. The number of hydrogen-bond acceptors (Lipinski definition) is 7. The third kappa shape index (κ3) is 10.8. The number of thiophene rings is 2. The average molecular weight is 762 g/mol. The molecule has 7 nitrogen and oxygen atoms in total. The molecule has 1 amide bonds. The van der Waals surface area contributed by atoms with Gasteiger partial charge in [-0.3, -0.25) is 14.4 Å². The van der Waals surface area contributed by atoms with Crippen LogP contribution in [0.25, 0.3) is 22.3 Å². The number of carbonyl (C=O) groups excluding carboxylic acids is 2. The summed E-state index contributed by atoms with van der Waals surface area (Å²) in [6.45, 7) is 3.69. The second-order valence-corrected chi connectivity index (χ2v) is 17.0. The number of pyridine rings is 1. The van der Waals surface area contributed by atoms with Crippen LogP contribution >= 0.6 is 22.7 Å². The van der Waals surface area contributed by atoms with Crippen molar-refractivity contribution in [3.63, 3.8) is 0 Å². The van der Waals surface area contributed by atoms with Crippen LogP contribution in [-0.2, 0) is 33.6 Å². The topological polar surface area (TPSA) is 122 Å². The van der Waals surface area contributed by atoms with E-state index in [1.165, 1.54) is 32.0 Å². The van der Waals surface area contributed by atoms with Crippen LogP contribution in [-0.4, -0.2) is 33.8 Å². The molecule has 282 valence electrons. The fourth-order valence-electron chi connectivity index (χ4n) is 7.85. The molecular formula is C45H51N3O4S2. The maximum absolute atomic E-state index is 12.8. The highest BCUT2D eigenvalue weighted by Crippen LogP contribution is 2.37. The quantitative estimate of drug-likeness (QED) is 0.110. The summed E-state index contributed by atoms with van der Waals surface area (Å²) in [5, 5.41) is 16.4. The SMILES string of the molecule is Cc1nc(N)ccc1CCC(=O)[C@H](C)NC(=O)[C@@H]1CC[C@@H](Cc2cc(-c3ccccc3)cs2)C1.O=C(O)[C@@H]1CC[C@@H](Cc2cc(-c3ccccc3)cs2)C1. The first-order valence-electron chi connectivity index (χ1n) is 19.1. The van der Waals surface area contributed by atoms with E-state index in [-0.39, 0.29) is 23.5 Å². The number of carboxylic acid groups (broad SMARTS) is 1.